The van der Waals surface area contributed by atoms with E-state index >= 15 is 0 Å². The van der Waals surface area contributed by atoms with E-state index in [-0.39, 0.29) is 0 Å². The number of nitrogens with two attached hydrogens (primary N) is 1. The first kappa shape index (κ1) is 13.4. The van der Waals surface area contributed by atoms with Gasteiger partial charge in [-0.05, 0) is 38.6 Å². The van der Waals surface area contributed by atoms with Crippen molar-refractivity contribution in [3.05, 3.63) is 0 Å². The maximum atomic E-state index is 6.15. The van der Waals surface area contributed by atoms with Crippen molar-refractivity contribution in [2.75, 3.05) is 13.6 Å². The molecule has 17 heavy (non-hydrogen) atoms. The van der Waals surface area contributed by atoms with Crippen LogP contribution in [0.15, 0.2) is 0 Å². The minimum absolute atomic E-state index is 0.328. The first-order valence-electron chi connectivity index (χ1n) is 7.63. The van der Waals surface area contributed by atoms with Crippen LogP contribution in [0.5, 0.6) is 0 Å². The Bertz CT molecular complexity index is 233. The van der Waals surface area contributed by atoms with E-state index in [0.29, 0.717) is 5.54 Å². The van der Waals surface area contributed by atoms with E-state index in [1.165, 1.54) is 57.8 Å². The van der Waals surface area contributed by atoms with Gasteiger partial charge >= 0.3 is 0 Å². The lowest BCUT2D eigenvalue weighted by Gasteiger charge is -2.50. The maximum absolute atomic E-state index is 6.15. The first-order chi connectivity index (χ1) is 8.19. The molecule has 0 spiro atoms. The van der Waals surface area contributed by atoms with Crippen LogP contribution in [-0.4, -0.2) is 30.1 Å². The molecule has 0 aromatic rings. The molecule has 2 atom stereocenters. The molecule has 2 N–H and O–H groups in total. The van der Waals surface area contributed by atoms with Crippen molar-refractivity contribution in [2.24, 2.45) is 11.7 Å². The highest BCUT2D eigenvalue weighted by Gasteiger charge is 2.39. The number of rotatable bonds is 3. The summed E-state index contributed by atoms with van der Waals surface area (Å²) in [6, 6.07) is 0.783. The average Bonchev–Trinajstić information content (AvgIpc) is 2.39. The molecule has 2 aliphatic rings. The van der Waals surface area contributed by atoms with Crippen LogP contribution in [0.1, 0.15) is 64.7 Å². The Balaban J connectivity index is 2.07. The van der Waals surface area contributed by atoms with E-state index in [1.807, 2.05) is 0 Å². The van der Waals surface area contributed by atoms with Gasteiger partial charge in [-0.2, -0.15) is 0 Å². The summed E-state index contributed by atoms with van der Waals surface area (Å²) < 4.78 is 0. The molecule has 100 valence electrons. The molecule has 0 aliphatic heterocycles. The predicted molar refractivity (Wildman–Crippen MR) is 74.1 cm³/mol. The van der Waals surface area contributed by atoms with Crippen LogP contribution in [0.4, 0.5) is 0 Å². The number of hydrogen-bond acceptors (Lipinski definition) is 2. The molecule has 2 fully saturated rings. The van der Waals surface area contributed by atoms with Crippen LogP contribution in [0.25, 0.3) is 0 Å². The fourth-order valence-corrected chi connectivity index (χ4v) is 4.13. The second-order valence-corrected chi connectivity index (χ2v) is 6.43. The molecule has 0 aromatic carbocycles. The second kappa shape index (κ2) is 5.71. The highest BCUT2D eigenvalue weighted by atomic mass is 15.2. The molecule has 0 bridgehead atoms. The molecule has 0 amide bonds. The average molecular weight is 238 g/mol. The van der Waals surface area contributed by atoms with Crippen molar-refractivity contribution in [3.63, 3.8) is 0 Å². The molecule has 0 radical (unpaired) electrons. The van der Waals surface area contributed by atoms with E-state index in [2.05, 4.69) is 18.9 Å². The summed E-state index contributed by atoms with van der Waals surface area (Å²) in [4.78, 5) is 2.69. The van der Waals surface area contributed by atoms with Crippen LogP contribution in [0.2, 0.25) is 0 Å². The Morgan fingerprint density at radius 1 is 1.06 bits per heavy atom. The molecule has 2 nitrogen and oxygen atoms in total. The Morgan fingerprint density at radius 2 is 1.71 bits per heavy atom. The zero-order valence-corrected chi connectivity index (χ0v) is 11.8. The van der Waals surface area contributed by atoms with Crippen molar-refractivity contribution in [3.8, 4) is 0 Å². The molecular weight excluding hydrogens is 208 g/mol. The minimum Gasteiger partial charge on any atom is -0.329 e. The molecule has 2 heteroatoms. The van der Waals surface area contributed by atoms with Gasteiger partial charge in [0, 0.05) is 18.1 Å². The molecule has 0 heterocycles. The van der Waals surface area contributed by atoms with Gasteiger partial charge in [-0.1, -0.05) is 39.0 Å². The van der Waals surface area contributed by atoms with Gasteiger partial charge in [0.15, 0.2) is 0 Å². The fourth-order valence-electron chi connectivity index (χ4n) is 4.13. The Labute approximate surface area is 107 Å². The van der Waals surface area contributed by atoms with Gasteiger partial charge in [0.05, 0.1) is 0 Å². The SMILES string of the molecule is CC1CCCCC1N(C)C1(CN)CCCCC1. The highest BCUT2D eigenvalue weighted by molar-refractivity contribution is 4.97. The van der Waals surface area contributed by atoms with E-state index in [1.54, 1.807) is 0 Å². The monoisotopic (exact) mass is 238 g/mol. The molecule has 2 unspecified atom stereocenters. The van der Waals surface area contributed by atoms with Gasteiger partial charge in [0.1, 0.15) is 0 Å². The first-order valence-corrected chi connectivity index (χ1v) is 7.63. The third-order valence-electron chi connectivity index (χ3n) is 5.48. The van der Waals surface area contributed by atoms with E-state index in [0.717, 1.165) is 18.5 Å². The zero-order chi connectivity index (χ0) is 12.3. The summed E-state index contributed by atoms with van der Waals surface area (Å²) in [7, 11) is 2.35. The number of likely N-dealkylation sites (N-methyl/N-ethyl adjacent to an activating group) is 1. The second-order valence-electron chi connectivity index (χ2n) is 6.43. The summed E-state index contributed by atoms with van der Waals surface area (Å²) in [6.07, 6.45) is 12.5. The largest absolute Gasteiger partial charge is 0.329 e. The molecule has 2 saturated carbocycles. The van der Waals surface area contributed by atoms with Gasteiger partial charge in [-0.15, -0.1) is 0 Å². The Kier molecular flexibility index (Phi) is 4.48. The van der Waals surface area contributed by atoms with Crippen LogP contribution in [0, 0.1) is 5.92 Å². The summed E-state index contributed by atoms with van der Waals surface area (Å²) in [5, 5.41) is 0. The molecular formula is C15H30N2. The van der Waals surface area contributed by atoms with E-state index in [9.17, 15) is 0 Å². The normalized spacial score (nSPS) is 33.9. The molecule has 2 rings (SSSR count). The number of nitrogens with zero attached hydrogens (tertiary/aromatic N) is 1. The van der Waals surface area contributed by atoms with Crippen molar-refractivity contribution >= 4 is 0 Å². The smallest absolute Gasteiger partial charge is 0.0331 e. The lowest BCUT2D eigenvalue weighted by Crippen LogP contribution is -2.58. The summed E-state index contributed by atoms with van der Waals surface area (Å²) in [6.45, 7) is 3.29. The van der Waals surface area contributed by atoms with Gasteiger partial charge in [-0.25, -0.2) is 0 Å². The van der Waals surface area contributed by atoms with Crippen LogP contribution < -0.4 is 5.73 Å². The van der Waals surface area contributed by atoms with Crippen LogP contribution >= 0.6 is 0 Å². The summed E-state index contributed by atoms with van der Waals surface area (Å²) in [5.74, 6) is 0.860. The highest BCUT2D eigenvalue weighted by Crippen LogP contribution is 2.38. The van der Waals surface area contributed by atoms with Gasteiger partial charge < -0.3 is 5.73 Å². The molecule has 2 aliphatic carbocycles. The Hall–Kier alpha value is -0.0800. The third-order valence-corrected chi connectivity index (χ3v) is 5.48. The lowest BCUT2D eigenvalue weighted by molar-refractivity contribution is 0.00758. The fraction of sp³-hybridized carbons (Fsp3) is 1.00. The third kappa shape index (κ3) is 2.68. The lowest BCUT2D eigenvalue weighted by atomic mass is 9.76. The van der Waals surface area contributed by atoms with E-state index < -0.39 is 0 Å². The zero-order valence-electron chi connectivity index (χ0n) is 11.8. The van der Waals surface area contributed by atoms with Crippen molar-refractivity contribution in [1.29, 1.82) is 0 Å². The maximum Gasteiger partial charge on any atom is 0.0331 e. The predicted octanol–water partition coefficient (Wildman–Crippen LogP) is 3.16. The van der Waals surface area contributed by atoms with Crippen molar-refractivity contribution in [1.82, 2.24) is 4.90 Å². The van der Waals surface area contributed by atoms with Gasteiger partial charge in [0.25, 0.3) is 0 Å². The van der Waals surface area contributed by atoms with Crippen molar-refractivity contribution < 1.29 is 0 Å². The minimum atomic E-state index is 0.328. The molecule has 0 saturated heterocycles. The Morgan fingerprint density at radius 3 is 2.29 bits per heavy atom. The van der Waals surface area contributed by atoms with E-state index in [4.69, 9.17) is 5.73 Å². The standard InChI is InChI=1S/C15H30N2/c1-13-8-4-5-9-14(13)17(2)15(12-16)10-6-3-7-11-15/h13-14H,3-12,16H2,1-2H3. The quantitative estimate of drug-likeness (QED) is 0.818. The van der Waals surface area contributed by atoms with Crippen LogP contribution in [0.3, 0.4) is 0 Å². The van der Waals surface area contributed by atoms with Gasteiger partial charge in [0.2, 0.25) is 0 Å². The molecule has 0 aromatic heterocycles. The van der Waals surface area contributed by atoms with Crippen molar-refractivity contribution in [2.45, 2.75) is 76.3 Å². The summed E-state index contributed by atoms with van der Waals surface area (Å²) in [5.41, 5.74) is 6.48. The number of hydrogen-bond donors (Lipinski definition) is 1. The van der Waals surface area contributed by atoms with Gasteiger partial charge in [-0.3, -0.25) is 4.90 Å². The van der Waals surface area contributed by atoms with Crippen LogP contribution in [-0.2, 0) is 0 Å². The topological polar surface area (TPSA) is 29.3 Å². The summed E-state index contributed by atoms with van der Waals surface area (Å²) >= 11 is 0.